The van der Waals surface area contributed by atoms with Crippen LogP contribution >= 0.6 is 11.3 Å². The minimum Gasteiger partial charge on any atom is -0.478 e. The van der Waals surface area contributed by atoms with Crippen LogP contribution in [0.5, 0.6) is 0 Å². The highest BCUT2D eigenvalue weighted by molar-refractivity contribution is 7.17. The Kier molecular flexibility index (Phi) is 5.40. The summed E-state index contributed by atoms with van der Waals surface area (Å²) in [6.45, 7) is 6.88. The monoisotopic (exact) mass is 386 g/mol. The quantitative estimate of drug-likeness (QED) is 0.718. The fraction of sp³-hybridized carbons (Fsp3) is 0.429. The maximum Gasteiger partial charge on any atom is 0.339 e. The third-order valence-corrected chi connectivity index (χ3v) is 6.30. The van der Waals surface area contributed by atoms with Gasteiger partial charge in [-0.05, 0) is 55.8 Å². The van der Waals surface area contributed by atoms with Crippen molar-refractivity contribution >= 4 is 28.2 Å². The largest absolute Gasteiger partial charge is 0.478 e. The Morgan fingerprint density at radius 2 is 2.04 bits per heavy atom. The van der Waals surface area contributed by atoms with Crippen molar-refractivity contribution in [2.45, 2.75) is 46.6 Å². The molecule has 0 spiro atoms. The van der Waals surface area contributed by atoms with Crippen LogP contribution in [0.2, 0.25) is 0 Å². The molecule has 0 saturated carbocycles. The first-order valence-corrected chi connectivity index (χ1v) is 9.97. The fourth-order valence-corrected chi connectivity index (χ4v) is 4.89. The van der Waals surface area contributed by atoms with Crippen LogP contribution in [0.3, 0.4) is 0 Å². The molecule has 1 aromatic carbocycles. The zero-order chi connectivity index (χ0) is 19.8. The minimum atomic E-state index is -0.972. The zero-order valence-electron chi connectivity index (χ0n) is 16.2. The number of aromatic carboxylic acids is 1. The van der Waals surface area contributed by atoms with Crippen molar-refractivity contribution in [3.8, 4) is 0 Å². The topological polar surface area (TPSA) is 78.4 Å². The van der Waals surface area contributed by atoms with E-state index in [1.807, 2.05) is 26.1 Å². The number of rotatable bonds is 5. The van der Waals surface area contributed by atoms with Crippen LogP contribution in [-0.2, 0) is 19.4 Å². The first-order valence-electron chi connectivity index (χ1n) is 9.15. The summed E-state index contributed by atoms with van der Waals surface area (Å²) >= 11 is 1.41. The Hall–Kier alpha value is -2.18. The van der Waals surface area contributed by atoms with Gasteiger partial charge in [0.05, 0.1) is 5.56 Å². The predicted molar refractivity (Wildman–Crippen MR) is 109 cm³/mol. The molecule has 3 rings (SSSR count). The maximum atomic E-state index is 12.9. The molecule has 5 nitrogen and oxygen atoms in total. The van der Waals surface area contributed by atoms with Crippen LogP contribution in [0.4, 0.5) is 5.00 Å². The van der Waals surface area contributed by atoms with Gasteiger partial charge in [0.25, 0.3) is 5.91 Å². The number of nitrogens with one attached hydrogen (secondary N) is 2. The number of anilines is 1. The summed E-state index contributed by atoms with van der Waals surface area (Å²) in [7, 11) is 1.83. The molecule has 144 valence electrons. The second-order valence-electron chi connectivity index (χ2n) is 8.00. The highest BCUT2D eigenvalue weighted by Crippen LogP contribution is 2.43. The average molecular weight is 387 g/mol. The molecule has 0 fully saturated rings. The summed E-state index contributed by atoms with van der Waals surface area (Å²) < 4.78 is 0. The Bertz CT molecular complexity index is 899. The van der Waals surface area contributed by atoms with E-state index in [-0.39, 0.29) is 16.9 Å². The van der Waals surface area contributed by atoms with Crippen LogP contribution < -0.4 is 10.6 Å². The molecule has 3 N–H and O–H groups in total. The van der Waals surface area contributed by atoms with Crippen LogP contribution in [0.25, 0.3) is 0 Å². The number of carbonyl (C=O) groups is 2. The highest BCUT2D eigenvalue weighted by Gasteiger charge is 2.33. The number of fused-ring (bicyclic) bond motifs is 1. The second-order valence-corrected chi connectivity index (χ2v) is 9.10. The number of carbonyl (C=O) groups excluding carboxylic acids is 1. The lowest BCUT2D eigenvalue weighted by Gasteiger charge is -2.29. The third kappa shape index (κ3) is 4.06. The van der Waals surface area contributed by atoms with E-state index in [0.29, 0.717) is 17.1 Å². The van der Waals surface area contributed by atoms with Gasteiger partial charge in [0.15, 0.2) is 0 Å². The van der Waals surface area contributed by atoms with E-state index in [0.717, 1.165) is 40.8 Å². The summed E-state index contributed by atoms with van der Waals surface area (Å²) in [4.78, 5) is 25.9. The van der Waals surface area contributed by atoms with Crippen molar-refractivity contribution in [3.63, 3.8) is 0 Å². The number of amides is 1. The molecule has 0 unspecified atom stereocenters. The van der Waals surface area contributed by atoms with E-state index >= 15 is 0 Å². The molecule has 6 heteroatoms. The summed E-state index contributed by atoms with van der Waals surface area (Å²) in [6.07, 6.45) is 2.61. The van der Waals surface area contributed by atoms with Gasteiger partial charge in [-0.25, -0.2) is 4.79 Å². The number of carboxylic acids is 1. The first kappa shape index (κ1) is 19.6. The van der Waals surface area contributed by atoms with Gasteiger partial charge in [0.2, 0.25) is 0 Å². The molecular weight excluding hydrogens is 360 g/mol. The van der Waals surface area contributed by atoms with Crippen molar-refractivity contribution in [1.82, 2.24) is 5.32 Å². The zero-order valence-corrected chi connectivity index (χ0v) is 17.0. The lowest BCUT2D eigenvalue weighted by molar-refractivity contribution is 0.0696. The van der Waals surface area contributed by atoms with Crippen LogP contribution in [0, 0.1) is 12.3 Å². The summed E-state index contributed by atoms with van der Waals surface area (Å²) in [5.74, 6) is -1.24. The fourth-order valence-electron chi connectivity index (χ4n) is 3.69. The Balaban J connectivity index is 1.96. The number of carboxylic acid groups (broad SMARTS) is 1. The van der Waals surface area contributed by atoms with Gasteiger partial charge in [0, 0.05) is 17.0 Å². The average Bonchev–Trinajstić information content (AvgIpc) is 2.91. The summed E-state index contributed by atoms with van der Waals surface area (Å²) in [5.41, 5.74) is 3.78. The number of hydrogen-bond donors (Lipinski definition) is 3. The molecule has 1 aromatic heterocycles. The molecule has 2 aromatic rings. The van der Waals surface area contributed by atoms with E-state index in [4.69, 9.17) is 0 Å². The number of hydrogen-bond acceptors (Lipinski definition) is 4. The second kappa shape index (κ2) is 7.44. The SMILES string of the molecule is CNCc1cc(C)ccc1C(=O)Nc1sc2c(c1C(=O)O)CC(C)(C)CC2. The summed E-state index contributed by atoms with van der Waals surface area (Å²) in [6, 6.07) is 5.67. The molecule has 1 aliphatic rings. The van der Waals surface area contributed by atoms with Crippen molar-refractivity contribution in [2.75, 3.05) is 12.4 Å². The van der Waals surface area contributed by atoms with Gasteiger partial charge in [-0.1, -0.05) is 31.5 Å². The predicted octanol–water partition coefficient (Wildman–Crippen LogP) is 4.24. The van der Waals surface area contributed by atoms with Crippen molar-refractivity contribution in [1.29, 1.82) is 0 Å². The molecule has 1 heterocycles. The molecule has 1 amide bonds. The van der Waals surface area contributed by atoms with Gasteiger partial charge in [-0.15, -0.1) is 11.3 Å². The summed E-state index contributed by atoms with van der Waals surface area (Å²) in [5, 5.41) is 16.2. The Labute approximate surface area is 163 Å². The van der Waals surface area contributed by atoms with Gasteiger partial charge >= 0.3 is 5.97 Å². The molecule has 0 saturated heterocycles. The molecule has 27 heavy (non-hydrogen) atoms. The van der Waals surface area contributed by atoms with Crippen LogP contribution in [-0.4, -0.2) is 24.0 Å². The molecule has 0 radical (unpaired) electrons. The van der Waals surface area contributed by atoms with Crippen LogP contribution in [0.1, 0.15) is 62.6 Å². The lowest BCUT2D eigenvalue weighted by atomic mass is 9.76. The van der Waals surface area contributed by atoms with E-state index in [1.165, 1.54) is 11.3 Å². The maximum absolute atomic E-state index is 12.9. The van der Waals surface area contributed by atoms with E-state index in [9.17, 15) is 14.7 Å². The third-order valence-electron chi connectivity index (χ3n) is 5.09. The smallest absolute Gasteiger partial charge is 0.339 e. The molecule has 0 bridgehead atoms. The molecule has 0 atom stereocenters. The van der Waals surface area contributed by atoms with E-state index < -0.39 is 5.97 Å². The standard InChI is InChI=1S/C21H26N2O3S/c1-12-5-6-14(13(9-12)11-22-4)18(24)23-19-17(20(25)26)15-10-21(2,3)8-7-16(15)27-19/h5-6,9,22H,7-8,10-11H2,1-4H3,(H,23,24)(H,25,26). The Morgan fingerprint density at radius 3 is 2.70 bits per heavy atom. The minimum absolute atomic E-state index is 0.0798. The Morgan fingerprint density at radius 1 is 1.30 bits per heavy atom. The van der Waals surface area contributed by atoms with E-state index in [2.05, 4.69) is 24.5 Å². The van der Waals surface area contributed by atoms with Gasteiger partial charge in [0.1, 0.15) is 5.00 Å². The van der Waals surface area contributed by atoms with Gasteiger partial charge in [-0.2, -0.15) is 0 Å². The van der Waals surface area contributed by atoms with Crippen LogP contribution in [0.15, 0.2) is 18.2 Å². The number of aryl methyl sites for hydroxylation is 2. The van der Waals surface area contributed by atoms with Gasteiger partial charge < -0.3 is 15.7 Å². The number of benzene rings is 1. The lowest BCUT2D eigenvalue weighted by Crippen LogP contribution is -2.23. The highest BCUT2D eigenvalue weighted by atomic mass is 32.1. The van der Waals surface area contributed by atoms with Gasteiger partial charge in [-0.3, -0.25) is 4.79 Å². The van der Waals surface area contributed by atoms with Crippen molar-refractivity contribution in [2.24, 2.45) is 5.41 Å². The normalized spacial score (nSPS) is 15.3. The first-order chi connectivity index (χ1) is 12.7. The van der Waals surface area contributed by atoms with Crippen molar-refractivity contribution < 1.29 is 14.7 Å². The molecule has 0 aliphatic heterocycles. The van der Waals surface area contributed by atoms with E-state index in [1.54, 1.807) is 6.07 Å². The van der Waals surface area contributed by atoms with Crippen molar-refractivity contribution in [3.05, 3.63) is 50.9 Å². The number of thiophene rings is 1. The molecular formula is C21H26N2O3S. The molecule has 1 aliphatic carbocycles.